The molecular weight excluding hydrogens is 192 g/mol. The van der Waals surface area contributed by atoms with Crippen LogP contribution in [0.1, 0.15) is 0 Å². The summed E-state index contributed by atoms with van der Waals surface area (Å²) < 4.78 is 0. The molecule has 2 nitrogen and oxygen atoms in total. The van der Waals surface area contributed by atoms with Crippen LogP contribution in [0.5, 0.6) is 0 Å². The lowest BCUT2D eigenvalue weighted by atomic mass is 10.2. The molecule has 2 rings (SSSR count). The third-order valence-corrected chi connectivity index (χ3v) is 3.10. The number of rotatable bonds is 3. The van der Waals surface area contributed by atoms with Gasteiger partial charge in [0.15, 0.2) is 0 Å². The number of aromatic amines is 1. The third kappa shape index (κ3) is 1.69. The van der Waals surface area contributed by atoms with Crippen LogP contribution in [0.4, 0.5) is 0 Å². The van der Waals surface area contributed by atoms with Crippen molar-refractivity contribution in [1.82, 2.24) is 4.98 Å². The molecular formula is C11H12N2S. The lowest BCUT2D eigenvalue weighted by Crippen LogP contribution is -2.10. The Labute approximate surface area is 87.2 Å². The molecule has 0 aliphatic carbocycles. The van der Waals surface area contributed by atoms with Gasteiger partial charge in [0.2, 0.25) is 0 Å². The van der Waals surface area contributed by atoms with Gasteiger partial charge in [0, 0.05) is 22.0 Å². The molecule has 0 spiro atoms. The van der Waals surface area contributed by atoms with Gasteiger partial charge in [-0.25, -0.2) is 0 Å². The van der Waals surface area contributed by atoms with E-state index in [1.165, 1.54) is 10.3 Å². The van der Waals surface area contributed by atoms with Crippen LogP contribution in [-0.2, 0) is 0 Å². The normalized spacial score (nSPS) is 12.9. The second kappa shape index (κ2) is 3.90. The summed E-state index contributed by atoms with van der Waals surface area (Å²) in [7, 11) is 0. The van der Waals surface area contributed by atoms with Crippen molar-refractivity contribution in [1.29, 1.82) is 0 Å². The van der Waals surface area contributed by atoms with E-state index in [1.807, 2.05) is 18.3 Å². The summed E-state index contributed by atoms with van der Waals surface area (Å²) in [4.78, 5) is 4.38. The Hall–Kier alpha value is -1.19. The van der Waals surface area contributed by atoms with Crippen LogP contribution in [0.3, 0.4) is 0 Å². The number of thioether (sulfide) groups is 1. The molecule has 1 atom stereocenters. The van der Waals surface area contributed by atoms with Crippen molar-refractivity contribution < 1.29 is 0 Å². The van der Waals surface area contributed by atoms with Crippen molar-refractivity contribution in [3.8, 4) is 0 Å². The van der Waals surface area contributed by atoms with E-state index in [4.69, 9.17) is 5.73 Å². The Kier molecular flexibility index (Phi) is 2.61. The molecule has 0 saturated carbocycles. The van der Waals surface area contributed by atoms with E-state index in [0.29, 0.717) is 0 Å². The van der Waals surface area contributed by atoms with Crippen LogP contribution < -0.4 is 5.73 Å². The average molecular weight is 204 g/mol. The number of hydrogen-bond acceptors (Lipinski definition) is 2. The smallest absolute Gasteiger partial charge is 0.0739 e. The molecule has 0 amide bonds. The molecule has 0 radical (unpaired) electrons. The predicted octanol–water partition coefficient (Wildman–Crippen LogP) is 2.73. The SMILES string of the molecule is C=CC(N)Sc1c[nH]c2ccccc12. The molecule has 1 heterocycles. The van der Waals surface area contributed by atoms with Crippen molar-refractivity contribution in [2.24, 2.45) is 5.73 Å². The van der Waals surface area contributed by atoms with E-state index < -0.39 is 0 Å². The molecule has 2 aromatic rings. The molecule has 3 N–H and O–H groups in total. The quantitative estimate of drug-likeness (QED) is 0.458. The second-order valence-electron chi connectivity index (χ2n) is 3.02. The zero-order chi connectivity index (χ0) is 9.97. The molecule has 0 bridgehead atoms. The van der Waals surface area contributed by atoms with Crippen LogP contribution >= 0.6 is 11.8 Å². The maximum absolute atomic E-state index is 5.79. The van der Waals surface area contributed by atoms with E-state index in [2.05, 4.69) is 23.7 Å². The Morgan fingerprint density at radius 1 is 1.43 bits per heavy atom. The molecule has 3 heteroatoms. The van der Waals surface area contributed by atoms with Gasteiger partial charge in [-0.15, -0.1) is 18.3 Å². The number of para-hydroxylation sites is 1. The summed E-state index contributed by atoms with van der Waals surface area (Å²) in [6.45, 7) is 3.67. The number of nitrogens with one attached hydrogen (secondary N) is 1. The summed E-state index contributed by atoms with van der Waals surface area (Å²) in [6.07, 6.45) is 3.73. The minimum absolute atomic E-state index is 0.0470. The van der Waals surface area contributed by atoms with Crippen LogP contribution in [0.25, 0.3) is 10.9 Å². The highest BCUT2D eigenvalue weighted by molar-refractivity contribution is 8.00. The van der Waals surface area contributed by atoms with Crippen molar-refractivity contribution in [3.63, 3.8) is 0 Å². The highest BCUT2D eigenvalue weighted by atomic mass is 32.2. The highest BCUT2D eigenvalue weighted by Gasteiger charge is 2.05. The first-order valence-electron chi connectivity index (χ1n) is 4.42. The molecule has 14 heavy (non-hydrogen) atoms. The van der Waals surface area contributed by atoms with Gasteiger partial charge in [-0.1, -0.05) is 24.3 Å². The summed E-state index contributed by atoms with van der Waals surface area (Å²) in [6, 6.07) is 8.18. The van der Waals surface area contributed by atoms with Gasteiger partial charge in [-0.3, -0.25) is 0 Å². The largest absolute Gasteiger partial charge is 0.360 e. The number of H-pyrrole nitrogens is 1. The van der Waals surface area contributed by atoms with E-state index in [1.54, 1.807) is 17.8 Å². The summed E-state index contributed by atoms with van der Waals surface area (Å²) in [5.41, 5.74) is 6.93. The lowest BCUT2D eigenvalue weighted by molar-refractivity contribution is 1.16. The van der Waals surface area contributed by atoms with E-state index >= 15 is 0 Å². The first-order chi connectivity index (χ1) is 6.81. The molecule has 1 aromatic heterocycles. The number of fused-ring (bicyclic) bond motifs is 1. The average Bonchev–Trinajstić information content (AvgIpc) is 2.62. The Bertz CT molecular complexity index is 447. The fraction of sp³-hybridized carbons (Fsp3) is 0.0909. The molecule has 0 aliphatic heterocycles. The predicted molar refractivity (Wildman–Crippen MR) is 62.3 cm³/mol. The fourth-order valence-electron chi connectivity index (χ4n) is 1.34. The fourth-order valence-corrected chi connectivity index (χ4v) is 2.16. The Morgan fingerprint density at radius 2 is 2.21 bits per heavy atom. The maximum Gasteiger partial charge on any atom is 0.0739 e. The first kappa shape index (κ1) is 9.37. The van der Waals surface area contributed by atoms with E-state index in [0.717, 1.165) is 5.52 Å². The van der Waals surface area contributed by atoms with E-state index in [9.17, 15) is 0 Å². The van der Waals surface area contributed by atoms with Crippen molar-refractivity contribution in [2.75, 3.05) is 0 Å². The first-order valence-corrected chi connectivity index (χ1v) is 5.30. The highest BCUT2D eigenvalue weighted by Crippen LogP contribution is 2.29. The van der Waals surface area contributed by atoms with Crippen LogP contribution in [0.15, 0.2) is 48.0 Å². The molecule has 0 fully saturated rings. The van der Waals surface area contributed by atoms with Crippen LogP contribution in [0, 0.1) is 0 Å². The summed E-state index contributed by atoms with van der Waals surface area (Å²) in [5, 5.41) is 1.17. The topological polar surface area (TPSA) is 41.8 Å². The number of aromatic nitrogens is 1. The van der Waals surface area contributed by atoms with Gasteiger partial charge >= 0.3 is 0 Å². The minimum atomic E-state index is -0.0470. The Balaban J connectivity index is 2.38. The molecule has 1 unspecified atom stereocenters. The van der Waals surface area contributed by atoms with Crippen LogP contribution in [0.2, 0.25) is 0 Å². The van der Waals surface area contributed by atoms with Crippen molar-refractivity contribution in [2.45, 2.75) is 10.3 Å². The van der Waals surface area contributed by atoms with E-state index in [-0.39, 0.29) is 5.37 Å². The number of benzene rings is 1. The zero-order valence-corrected chi connectivity index (χ0v) is 8.55. The zero-order valence-electron chi connectivity index (χ0n) is 7.73. The van der Waals surface area contributed by atoms with Gasteiger partial charge in [-0.2, -0.15) is 0 Å². The lowest BCUT2D eigenvalue weighted by Gasteiger charge is -2.03. The van der Waals surface area contributed by atoms with Crippen molar-refractivity contribution in [3.05, 3.63) is 43.1 Å². The molecule has 72 valence electrons. The van der Waals surface area contributed by atoms with Gasteiger partial charge in [-0.05, 0) is 6.07 Å². The van der Waals surface area contributed by atoms with Gasteiger partial charge < -0.3 is 10.7 Å². The van der Waals surface area contributed by atoms with Gasteiger partial charge in [0.25, 0.3) is 0 Å². The van der Waals surface area contributed by atoms with Gasteiger partial charge in [0.05, 0.1) is 5.37 Å². The van der Waals surface area contributed by atoms with Gasteiger partial charge in [0.1, 0.15) is 0 Å². The monoisotopic (exact) mass is 204 g/mol. The minimum Gasteiger partial charge on any atom is -0.360 e. The van der Waals surface area contributed by atoms with Crippen LogP contribution in [-0.4, -0.2) is 10.4 Å². The number of nitrogens with two attached hydrogens (primary N) is 1. The second-order valence-corrected chi connectivity index (χ2v) is 4.24. The third-order valence-electron chi connectivity index (χ3n) is 2.05. The molecule has 1 aromatic carbocycles. The molecule has 0 aliphatic rings. The standard InChI is InChI=1S/C11H12N2S/c1-2-11(12)14-10-7-13-9-6-4-3-5-8(9)10/h2-7,11,13H,1,12H2. The maximum atomic E-state index is 5.79. The summed E-state index contributed by atoms with van der Waals surface area (Å²) in [5.74, 6) is 0. The number of hydrogen-bond donors (Lipinski definition) is 2. The Morgan fingerprint density at radius 3 is 3.00 bits per heavy atom. The van der Waals surface area contributed by atoms with Crippen molar-refractivity contribution >= 4 is 22.7 Å². The summed E-state index contributed by atoms with van der Waals surface area (Å²) >= 11 is 1.61. The molecule has 0 saturated heterocycles.